The molecule has 0 aliphatic carbocycles. The summed E-state index contributed by atoms with van der Waals surface area (Å²) < 4.78 is 10.8. The second kappa shape index (κ2) is 6.43. The van der Waals surface area contributed by atoms with E-state index in [2.05, 4.69) is 0 Å². The Bertz CT molecular complexity index is 457. The van der Waals surface area contributed by atoms with Crippen LogP contribution in [0.15, 0.2) is 12.1 Å². The van der Waals surface area contributed by atoms with Crippen LogP contribution < -0.4 is 15.2 Å². The Morgan fingerprint density at radius 3 is 2.37 bits per heavy atom. The molecule has 0 aliphatic heterocycles. The van der Waals surface area contributed by atoms with Gasteiger partial charge in [-0.3, -0.25) is 4.79 Å². The van der Waals surface area contributed by atoms with Crippen molar-refractivity contribution in [2.45, 2.75) is 32.2 Å². The van der Waals surface area contributed by atoms with E-state index in [1.54, 1.807) is 26.4 Å². The molecule has 1 aromatic carbocycles. The van der Waals surface area contributed by atoms with Crippen molar-refractivity contribution in [2.75, 3.05) is 14.2 Å². The Hall–Kier alpha value is -1.75. The fourth-order valence-corrected chi connectivity index (χ4v) is 2.14. The number of methoxy groups -OCH3 is 2. The van der Waals surface area contributed by atoms with Crippen molar-refractivity contribution in [2.24, 2.45) is 5.73 Å². The minimum atomic E-state index is -0.934. The molecule has 0 aromatic heterocycles. The Morgan fingerprint density at radius 1 is 1.32 bits per heavy atom. The van der Waals surface area contributed by atoms with Crippen LogP contribution in [0.4, 0.5) is 0 Å². The number of aliphatic carboxylic acids is 1. The first-order valence-electron chi connectivity index (χ1n) is 6.14. The number of benzene rings is 1. The molecule has 0 saturated carbocycles. The number of nitrogens with two attached hydrogens (primary N) is 1. The average Bonchev–Trinajstić information content (AvgIpc) is 2.35. The summed E-state index contributed by atoms with van der Waals surface area (Å²) in [6.07, 6.45) is -0.139. The molecule has 1 atom stereocenters. The molecule has 1 aromatic rings. The van der Waals surface area contributed by atoms with E-state index in [1.165, 1.54) is 0 Å². The van der Waals surface area contributed by atoms with Gasteiger partial charge in [0.1, 0.15) is 11.5 Å². The number of carbonyl (C=O) groups is 1. The molecule has 1 unspecified atom stereocenters. The van der Waals surface area contributed by atoms with Crippen LogP contribution in [0.25, 0.3) is 0 Å². The first-order valence-corrected chi connectivity index (χ1v) is 6.14. The van der Waals surface area contributed by atoms with Crippen LogP contribution in [-0.4, -0.2) is 25.3 Å². The van der Waals surface area contributed by atoms with Crippen LogP contribution >= 0.6 is 0 Å². The van der Waals surface area contributed by atoms with Crippen molar-refractivity contribution in [1.29, 1.82) is 0 Å². The van der Waals surface area contributed by atoms with E-state index in [1.807, 2.05) is 13.8 Å². The third kappa shape index (κ3) is 3.38. The van der Waals surface area contributed by atoms with E-state index in [0.717, 1.165) is 11.3 Å². The van der Waals surface area contributed by atoms with Gasteiger partial charge in [-0.05, 0) is 12.0 Å². The molecule has 3 N–H and O–H groups in total. The van der Waals surface area contributed by atoms with Crippen molar-refractivity contribution in [3.8, 4) is 11.5 Å². The molecule has 0 aliphatic rings. The lowest BCUT2D eigenvalue weighted by molar-refractivity contribution is -0.137. The molecule has 0 saturated heterocycles. The molecule has 1 rings (SSSR count). The molecule has 0 amide bonds. The van der Waals surface area contributed by atoms with Gasteiger partial charge in [0.05, 0.1) is 20.6 Å². The molecule has 5 heteroatoms. The number of ether oxygens (including phenoxy) is 2. The maximum atomic E-state index is 10.8. The molecule has 106 valence electrons. The van der Waals surface area contributed by atoms with Crippen LogP contribution in [0.2, 0.25) is 0 Å². The maximum absolute atomic E-state index is 10.8. The normalized spacial score (nSPS) is 12.3. The fraction of sp³-hybridized carbons (Fsp3) is 0.500. The van der Waals surface area contributed by atoms with Gasteiger partial charge in [-0.2, -0.15) is 0 Å². The number of carboxylic acids is 1. The average molecular weight is 267 g/mol. The van der Waals surface area contributed by atoms with E-state index in [-0.39, 0.29) is 12.3 Å². The second-order valence-corrected chi connectivity index (χ2v) is 4.66. The molecule has 0 bridgehead atoms. The molecular formula is C14H21NO4. The molecular weight excluding hydrogens is 246 g/mol. The summed E-state index contributed by atoms with van der Waals surface area (Å²) in [5.74, 6) is 0.583. The predicted molar refractivity (Wildman–Crippen MR) is 72.8 cm³/mol. The second-order valence-electron chi connectivity index (χ2n) is 4.66. The quantitative estimate of drug-likeness (QED) is 0.826. The predicted octanol–water partition coefficient (Wildman–Crippen LogP) is 2.30. The zero-order valence-electron chi connectivity index (χ0n) is 11.8. The molecule has 0 fully saturated rings. The van der Waals surface area contributed by atoms with Gasteiger partial charge in [0.25, 0.3) is 0 Å². The van der Waals surface area contributed by atoms with Crippen LogP contribution in [-0.2, 0) is 4.79 Å². The van der Waals surface area contributed by atoms with E-state index >= 15 is 0 Å². The first-order chi connectivity index (χ1) is 8.92. The summed E-state index contributed by atoms with van der Waals surface area (Å²) in [6.45, 7) is 4.04. The molecule has 0 heterocycles. The largest absolute Gasteiger partial charge is 0.496 e. The van der Waals surface area contributed by atoms with Gasteiger partial charge in [0, 0.05) is 17.2 Å². The van der Waals surface area contributed by atoms with Gasteiger partial charge < -0.3 is 20.3 Å². The van der Waals surface area contributed by atoms with E-state index in [4.69, 9.17) is 20.3 Å². The van der Waals surface area contributed by atoms with Gasteiger partial charge in [0.2, 0.25) is 0 Å². The summed E-state index contributed by atoms with van der Waals surface area (Å²) >= 11 is 0. The number of hydrogen-bond acceptors (Lipinski definition) is 4. The van der Waals surface area contributed by atoms with Crippen LogP contribution in [0, 0.1) is 0 Å². The molecule has 5 nitrogen and oxygen atoms in total. The Balaban J connectivity index is 3.33. The first kappa shape index (κ1) is 15.3. The lowest BCUT2D eigenvalue weighted by Gasteiger charge is -2.21. The minimum absolute atomic E-state index is 0.139. The number of carboxylic acid groups (broad SMARTS) is 1. The topological polar surface area (TPSA) is 81.8 Å². The van der Waals surface area contributed by atoms with Crippen molar-refractivity contribution >= 4 is 5.97 Å². The number of hydrogen-bond donors (Lipinski definition) is 2. The molecule has 19 heavy (non-hydrogen) atoms. The van der Waals surface area contributed by atoms with Crippen molar-refractivity contribution < 1.29 is 19.4 Å². The van der Waals surface area contributed by atoms with Crippen LogP contribution in [0.1, 0.15) is 43.4 Å². The molecule has 0 radical (unpaired) electrons. The third-order valence-corrected chi connectivity index (χ3v) is 2.98. The van der Waals surface area contributed by atoms with E-state index < -0.39 is 12.0 Å². The Kier molecular flexibility index (Phi) is 5.18. The van der Waals surface area contributed by atoms with E-state index in [0.29, 0.717) is 11.3 Å². The Morgan fingerprint density at radius 2 is 1.95 bits per heavy atom. The zero-order valence-corrected chi connectivity index (χ0v) is 11.8. The monoisotopic (exact) mass is 267 g/mol. The highest BCUT2D eigenvalue weighted by Gasteiger charge is 2.22. The van der Waals surface area contributed by atoms with Gasteiger partial charge in [-0.25, -0.2) is 0 Å². The maximum Gasteiger partial charge on any atom is 0.305 e. The minimum Gasteiger partial charge on any atom is -0.496 e. The molecule has 0 spiro atoms. The SMILES string of the molecule is COc1ccc(C(N)CC(=O)O)c(OC)c1C(C)C. The van der Waals surface area contributed by atoms with Gasteiger partial charge >= 0.3 is 5.97 Å². The lowest BCUT2D eigenvalue weighted by atomic mass is 9.94. The van der Waals surface area contributed by atoms with E-state index in [9.17, 15) is 4.79 Å². The van der Waals surface area contributed by atoms with Crippen molar-refractivity contribution in [1.82, 2.24) is 0 Å². The highest BCUT2D eigenvalue weighted by molar-refractivity contribution is 5.68. The highest BCUT2D eigenvalue weighted by atomic mass is 16.5. The van der Waals surface area contributed by atoms with Crippen LogP contribution in [0.3, 0.4) is 0 Å². The smallest absolute Gasteiger partial charge is 0.305 e. The third-order valence-electron chi connectivity index (χ3n) is 2.98. The zero-order chi connectivity index (χ0) is 14.6. The van der Waals surface area contributed by atoms with Gasteiger partial charge in [-0.15, -0.1) is 0 Å². The standard InChI is InChI=1S/C14H21NO4/c1-8(2)13-11(18-3)6-5-9(14(13)19-4)10(15)7-12(16)17/h5-6,8,10H,7,15H2,1-4H3,(H,16,17). The fourth-order valence-electron chi connectivity index (χ4n) is 2.14. The summed E-state index contributed by atoms with van der Waals surface area (Å²) in [4.78, 5) is 10.8. The summed E-state index contributed by atoms with van der Waals surface area (Å²) in [6, 6.07) is 2.96. The van der Waals surface area contributed by atoms with Crippen molar-refractivity contribution in [3.63, 3.8) is 0 Å². The van der Waals surface area contributed by atoms with Crippen molar-refractivity contribution in [3.05, 3.63) is 23.3 Å². The van der Waals surface area contributed by atoms with Crippen LogP contribution in [0.5, 0.6) is 11.5 Å². The summed E-state index contributed by atoms with van der Waals surface area (Å²) in [7, 11) is 3.15. The Labute approximate surface area is 113 Å². The van der Waals surface area contributed by atoms with Gasteiger partial charge in [0.15, 0.2) is 0 Å². The van der Waals surface area contributed by atoms with Gasteiger partial charge in [-0.1, -0.05) is 19.9 Å². The summed E-state index contributed by atoms with van der Waals surface area (Å²) in [5.41, 5.74) is 7.53. The number of rotatable bonds is 6. The highest BCUT2D eigenvalue weighted by Crippen LogP contribution is 2.40. The summed E-state index contributed by atoms with van der Waals surface area (Å²) in [5, 5.41) is 8.84. The lowest BCUT2D eigenvalue weighted by Crippen LogP contribution is -2.17.